The summed E-state index contributed by atoms with van der Waals surface area (Å²) in [5, 5.41) is 8.12. The standard InChI is InChI=1S/C26H21FN8S/c27-21-4-3-20(36-21)18-5-6-29-25-22(18)31-26(32-25)23-19-10-17(13-30-24(19)34-33-23)16-9-15(11-28-12-16)14-35-7-1-2-8-35/h3-6,9-13H,1-2,7-8,14H2,(H,29,31,32)(H,30,33,34). The highest BCUT2D eigenvalue weighted by atomic mass is 32.1. The number of rotatable bonds is 5. The number of halogens is 1. The van der Waals surface area contributed by atoms with Crippen LogP contribution in [0.25, 0.3) is 55.3 Å². The fraction of sp³-hybridized carbons (Fsp3) is 0.192. The van der Waals surface area contributed by atoms with Gasteiger partial charge in [-0.15, -0.1) is 11.3 Å². The molecule has 10 heteroatoms. The number of hydrogen-bond acceptors (Lipinski definition) is 7. The molecule has 178 valence electrons. The van der Waals surface area contributed by atoms with Gasteiger partial charge in [-0.2, -0.15) is 9.49 Å². The minimum Gasteiger partial charge on any atom is -0.321 e. The average Bonchev–Trinajstić information content (AvgIpc) is 3.70. The van der Waals surface area contributed by atoms with Gasteiger partial charge in [0, 0.05) is 52.9 Å². The molecule has 0 saturated carbocycles. The fourth-order valence-corrected chi connectivity index (χ4v) is 5.61. The van der Waals surface area contributed by atoms with Gasteiger partial charge < -0.3 is 4.98 Å². The SMILES string of the molecule is Fc1ccc(-c2ccnc3[nH]c(-c4n[nH]c5ncc(-c6cncc(CN7CCCC7)c6)cc45)nc23)s1. The Hall–Kier alpha value is -4.02. The van der Waals surface area contributed by atoms with Crippen LogP contribution in [0, 0.1) is 5.13 Å². The van der Waals surface area contributed by atoms with Crippen LogP contribution in [-0.4, -0.2) is 53.1 Å². The highest BCUT2D eigenvalue weighted by Crippen LogP contribution is 2.34. The molecule has 1 aliphatic rings. The van der Waals surface area contributed by atoms with Gasteiger partial charge in [0.15, 0.2) is 22.2 Å². The summed E-state index contributed by atoms with van der Waals surface area (Å²) in [6.45, 7) is 3.20. The minimum absolute atomic E-state index is 0.235. The molecular formula is C26H21FN8S. The molecule has 7 rings (SSSR count). The van der Waals surface area contributed by atoms with E-state index in [4.69, 9.17) is 4.98 Å². The van der Waals surface area contributed by atoms with Crippen molar-refractivity contribution in [1.29, 1.82) is 0 Å². The van der Waals surface area contributed by atoms with Gasteiger partial charge >= 0.3 is 0 Å². The number of thiophene rings is 1. The third kappa shape index (κ3) is 3.75. The van der Waals surface area contributed by atoms with Crippen LogP contribution in [0.15, 0.2) is 55.1 Å². The highest BCUT2D eigenvalue weighted by Gasteiger charge is 2.18. The second kappa shape index (κ2) is 8.58. The summed E-state index contributed by atoms with van der Waals surface area (Å²) in [7, 11) is 0. The maximum absolute atomic E-state index is 13.7. The Morgan fingerprint density at radius 3 is 2.72 bits per heavy atom. The van der Waals surface area contributed by atoms with E-state index in [1.807, 2.05) is 24.7 Å². The monoisotopic (exact) mass is 496 g/mol. The van der Waals surface area contributed by atoms with E-state index in [2.05, 4.69) is 47.2 Å². The number of nitrogens with one attached hydrogen (secondary N) is 2. The van der Waals surface area contributed by atoms with E-state index >= 15 is 0 Å². The zero-order valence-corrected chi connectivity index (χ0v) is 20.0. The van der Waals surface area contributed by atoms with E-state index in [1.165, 1.54) is 24.5 Å². The molecule has 0 spiro atoms. The summed E-state index contributed by atoms with van der Waals surface area (Å²) >= 11 is 1.09. The molecule has 36 heavy (non-hydrogen) atoms. The van der Waals surface area contributed by atoms with E-state index < -0.39 is 0 Å². The lowest BCUT2D eigenvalue weighted by Crippen LogP contribution is -2.18. The van der Waals surface area contributed by atoms with Crippen molar-refractivity contribution >= 4 is 33.5 Å². The van der Waals surface area contributed by atoms with Crippen molar-refractivity contribution in [2.24, 2.45) is 0 Å². The van der Waals surface area contributed by atoms with Crippen molar-refractivity contribution in [2.45, 2.75) is 19.4 Å². The second-order valence-electron chi connectivity index (χ2n) is 9.00. The number of aromatic amines is 2. The summed E-state index contributed by atoms with van der Waals surface area (Å²) in [4.78, 5) is 24.9. The minimum atomic E-state index is -0.235. The average molecular weight is 497 g/mol. The molecular weight excluding hydrogens is 475 g/mol. The quantitative estimate of drug-likeness (QED) is 0.331. The molecule has 6 aromatic heterocycles. The molecule has 1 aliphatic heterocycles. The zero-order chi connectivity index (χ0) is 24.1. The number of fused-ring (bicyclic) bond motifs is 2. The Bertz CT molecular complexity index is 1710. The Morgan fingerprint density at radius 2 is 1.86 bits per heavy atom. The first kappa shape index (κ1) is 21.3. The fourth-order valence-electron chi connectivity index (χ4n) is 4.85. The molecule has 1 fully saturated rings. The lowest BCUT2D eigenvalue weighted by atomic mass is 10.1. The van der Waals surface area contributed by atoms with Gasteiger partial charge in [0.2, 0.25) is 0 Å². The molecule has 0 aromatic carbocycles. The summed E-state index contributed by atoms with van der Waals surface area (Å²) < 4.78 is 13.7. The van der Waals surface area contributed by atoms with Crippen LogP contribution < -0.4 is 0 Å². The van der Waals surface area contributed by atoms with Gasteiger partial charge in [0.05, 0.1) is 5.39 Å². The van der Waals surface area contributed by atoms with Crippen molar-refractivity contribution in [3.63, 3.8) is 0 Å². The van der Waals surface area contributed by atoms with Crippen molar-refractivity contribution < 1.29 is 4.39 Å². The lowest BCUT2D eigenvalue weighted by molar-refractivity contribution is 0.331. The third-order valence-corrected chi connectivity index (χ3v) is 7.50. The van der Waals surface area contributed by atoms with Gasteiger partial charge in [0.25, 0.3) is 0 Å². The van der Waals surface area contributed by atoms with Crippen LogP contribution in [-0.2, 0) is 6.54 Å². The van der Waals surface area contributed by atoms with Crippen molar-refractivity contribution in [3.05, 3.63) is 65.8 Å². The van der Waals surface area contributed by atoms with Crippen molar-refractivity contribution in [1.82, 2.24) is 40.0 Å². The van der Waals surface area contributed by atoms with E-state index in [0.29, 0.717) is 28.3 Å². The van der Waals surface area contributed by atoms with Crippen LogP contribution >= 0.6 is 11.3 Å². The normalized spacial score (nSPS) is 14.4. The van der Waals surface area contributed by atoms with Gasteiger partial charge in [-0.25, -0.2) is 15.0 Å². The van der Waals surface area contributed by atoms with Gasteiger partial charge in [-0.3, -0.25) is 15.0 Å². The largest absolute Gasteiger partial charge is 0.321 e. The molecule has 0 radical (unpaired) electrons. The van der Waals surface area contributed by atoms with Crippen LogP contribution in [0.2, 0.25) is 0 Å². The zero-order valence-electron chi connectivity index (χ0n) is 19.2. The Labute approximate surface area is 209 Å². The number of imidazole rings is 1. The number of nitrogens with zero attached hydrogens (tertiary/aromatic N) is 6. The summed E-state index contributed by atoms with van der Waals surface area (Å²) in [5.74, 6) is 0.577. The first-order chi connectivity index (χ1) is 17.7. The first-order valence-electron chi connectivity index (χ1n) is 11.8. The molecule has 8 nitrogen and oxygen atoms in total. The number of pyridine rings is 3. The third-order valence-electron chi connectivity index (χ3n) is 6.60. The number of H-pyrrole nitrogens is 2. The molecule has 7 heterocycles. The van der Waals surface area contributed by atoms with Crippen molar-refractivity contribution in [2.75, 3.05) is 13.1 Å². The molecule has 0 amide bonds. The second-order valence-corrected chi connectivity index (χ2v) is 10.0. The van der Waals surface area contributed by atoms with Crippen LogP contribution in [0.1, 0.15) is 18.4 Å². The molecule has 2 N–H and O–H groups in total. The van der Waals surface area contributed by atoms with Crippen LogP contribution in [0.4, 0.5) is 4.39 Å². The predicted molar refractivity (Wildman–Crippen MR) is 138 cm³/mol. The molecule has 6 aromatic rings. The molecule has 0 atom stereocenters. The topological polar surface area (TPSA) is 99.3 Å². The smallest absolute Gasteiger partial charge is 0.176 e. The summed E-state index contributed by atoms with van der Waals surface area (Å²) in [6, 6.07) is 9.32. The maximum Gasteiger partial charge on any atom is 0.176 e. The summed E-state index contributed by atoms with van der Waals surface area (Å²) in [5.41, 5.74) is 6.62. The Balaban J connectivity index is 1.28. The molecule has 1 saturated heterocycles. The van der Waals surface area contributed by atoms with E-state index in [9.17, 15) is 4.39 Å². The lowest BCUT2D eigenvalue weighted by Gasteiger charge is -2.14. The van der Waals surface area contributed by atoms with Crippen LogP contribution in [0.3, 0.4) is 0 Å². The van der Waals surface area contributed by atoms with E-state index in [0.717, 1.165) is 57.9 Å². The van der Waals surface area contributed by atoms with Gasteiger partial charge in [-0.1, -0.05) is 0 Å². The predicted octanol–water partition coefficient (Wildman–Crippen LogP) is 5.42. The van der Waals surface area contributed by atoms with Gasteiger partial charge in [-0.05, 0) is 61.8 Å². The number of hydrogen-bond donors (Lipinski definition) is 2. The van der Waals surface area contributed by atoms with Gasteiger partial charge in [0.1, 0.15) is 11.2 Å². The van der Waals surface area contributed by atoms with E-state index in [1.54, 1.807) is 12.3 Å². The molecule has 0 unspecified atom stereocenters. The Kier molecular flexibility index (Phi) is 5.07. The first-order valence-corrected chi connectivity index (χ1v) is 12.6. The Morgan fingerprint density at radius 1 is 0.972 bits per heavy atom. The van der Waals surface area contributed by atoms with Crippen molar-refractivity contribution in [3.8, 4) is 33.1 Å². The number of aromatic nitrogens is 7. The highest BCUT2D eigenvalue weighted by molar-refractivity contribution is 7.14. The molecule has 0 aliphatic carbocycles. The van der Waals surface area contributed by atoms with Crippen LogP contribution in [0.5, 0.6) is 0 Å². The number of likely N-dealkylation sites (tertiary alicyclic amines) is 1. The van der Waals surface area contributed by atoms with E-state index in [-0.39, 0.29) is 5.13 Å². The molecule has 0 bridgehead atoms. The summed E-state index contributed by atoms with van der Waals surface area (Å²) in [6.07, 6.45) is 9.87. The maximum atomic E-state index is 13.7.